The highest BCUT2D eigenvalue weighted by atomic mass is 32.1. The van der Waals surface area contributed by atoms with E-state index in [4.69, 9.17) is 5.11 Å². The molecule has 0 spiro atoms. The van der Waals surface area contributed by atoms with Crippen LogP contribution in [0, 0.1) is 6.92 Å². The minimum atomic E-state index is -0.857. The van der Waals surface area contributed by atoms with Crippen LogP contribution in [0.4, 0.5) is 0 Å². The number of carboxylic acids is 1. The fraction of sp³-hybridized carbons (Fsp3) is 0.133. The third-order valence-electron chi connectivity index (χ3n) is 3.13. The van der Waals surface area contributed by atoms with Gasteiger partial charge in [0.25, 0.3) is 0 Å². The Morgan fingerprint density at radius 2 is 2.11 bits per heavy atom. The largest absolute Gasteiger partial charge is 0.477 e. The van der Waals surface area contributed by atoms with E-state index in [1.165, 1.54) is 27.8 Å². The second kappa shape index (κ2) is 4.55. The first-order valence-electron chi connectivity index (χ1n) is 6.01. The van der Waals surface area contributed by atoms with Gasteiger partial charge in [-0.05, 0) is 42.6 Å². The summed E-state index contributed by atoms with van der Waals surface area (Å²) in [6, 6.07) is 12.0. The number of aromatic nitrogens is 1. The summed E-state index contributed by atoms with van der Waals surface area (Å²) in [5, 5.41) is 10.1. The standard InChI is InChI=1S/C15H13NO2S/c1-10-2-4-13-11(8-10)6-7-16(13)9-12-3-5-14(19-12)15(17)18/h2-8H,9H2,1H3,(H,17,18). The van der Waals surface area contributed by atoms with Crippen LogP contribution in [0.1, 0.15) is 20.1 Å². The van der Waals surface area contributed by atoms with Crippen LogP contribution in [0.3, 0.4) is 0 Å². The Morgan fingerprint density at radius 1 is 1.26 bits per heavy atom. The summed E-state index contributed by atoms with van der Waals surface area (Å²) in [6.07, 6.45) is 2.05. The van der Waals surface area contributed by atoms with Crippen LogP contribution >= 0.6 is 11.3 Å². The Labute approximate surface area is 114 Å². The van der Waals surface area contributed by atoms with E-state index in [0.717, 1.165) is 4.88 Å². The molecule has 0 amide bonds. The van der Waals surface area contributed by atoms with Crippen LogP contribution in [-0.2, 0) is 6.54 Å². The molecule has 3 rings (SSSR count). The van der Waals surface area contributed by atoms with E-state index in [1.54, 1.807) is 6.07 Å². The van der Waals surface area contributed by atoms with Crippen molar-refractivity contribution in [2.75, 3.05) is 0 Å². The van der Waals surface area contributed by atoms with Gasteiger partial charge in [0, 0.05) is 16.6 Å². The minimum Gasteiger partial charge on any atom is -0.477 e. The number of rotatable bonds is 3. The van der Waals surface area contributed by atoms with Crippen LogP contribution < -0.4 is 0 Å². The zero-order chi connectivity index (χ0) is 13.4. The molecular weight excluding hydrogens is 258 g/mol. The molecule has 0 fully saturated rings. The Bertz CT molecular complexity index is 754. The van der Waals surface area contributed by atoms with E-state index in [1.807, 2.05) is 12.3 Å². The van der Waals surface area contributed by atoms with Crippen molar-refractivity contribution in [1.29, 1.82) is 0 Å². The highest BCUT2D eigenvalue weighted by Crippen LogP contribution is 2.22. The monoisotopic (exact) mass is 271 g/mol. The topological polar surface area (TPSA) is 42.2 Å². The third-order valence-corrected chi connectivity index (χ3v) is 4.18. The molecule has 0 radical (unpaired) electrons. The molecule has 2 heterocycles. The molecule has 19 heavy (non-hydrogen) atoms. The molecule has 0 saturated heterocycles. The molecule has 2 aromatic heterocycles. The van der Waals surface area contributed by atoms with Gasteiger partial charge in [-0.15, -0.1) is 11.3 Å². The smallest absolute Gasteiger partial charge is 0.345 e. The summed E-state index contributed by atoms with van der Waals surface area (Å²) in [5.41, 5.74) is 2.42. The summed E-state index contributed by atoms with van der Waals surface area (Å²) in [7, 11) is 0. The van der Waals surface area contributed by atoms with E-state index in [9.17, 15) is 4.79 Å². The first-order chi connectivity index (χ1) is 9.13. The van der Waals surface area contributed by atoms with Gasteiger partial charge in [-0.3, -0.25) is 0 Å². The van der Waals surface area contributed by atoms with Crippen molar-refractivity contribution < 1.29 is 9.90 Å². The number of aromatic carboxylic acids is 1. The fourth-order valence-corrected chi connectivity index (χ4v) is 3.05. The number of thiophene rings is 1. The van der Waals surface area contributed by atoms with E-state index in [-0.39, 0.29) is 0 Å². The lowest BCUT2D eigenvalue weighted by Gasteiger charge is -2.03. The predicted octanol–water partition coefficient (Wildman–Crippen LogP) is 3.76. The number of carboxylic acid groups (broad SMARTS) is 1. The first kappa shape index (κ1) is 12.0. The molecule has 1 N–H and O–H groups in total. The van der Waals surface area contributed by atoms with Crippen LogP contribution in [0.15, 0.2) is 42.6 Å². The summed E-state index contributed by atoms with van der Waals surface area (Å²) in [5.74, 6) is -0.857. The molecule has 0 bridgehead atoms. The number of carbonyl (C=O) groups is 1. The maximum absolute atomic E-state index is 10.9. The Hall–Kier alpha value is -2.07. The highest BCUT2D eigenvalue weighted by molar-refractivity contribution is 7.13. The second-order valence-electron chi connectivity index (χ2n) is 4.58. The van der Waals surface area contributed by atoms with Gasteiger partial charge in [0.1, 0.15) is 4.88 Å². The molecular formula is C15H13NO2S. The number of hydrogen-bond acceptors (Lipinski definition) is 2. The van der Waals surface area contributed by atoms with Crippen molar-refractivity contribution in [2.45, 2.75) is 13.5 Å². The lowest BCUT2D eigenvalue weighted by atomic mass is 10.2. The summed E-state index contributed by atoms with van der Waals surface area (Å²) < 4.78 is 2.15. The average Bonchev–Trinajstić information content (AvgIpc) is 2.97. The SMILES string of the molecule is Cc1ccc2c(ccn2Cc2ccc(C(=O)O)s2)c1. The molecule has 0 saturated carbocycles. The zero-order valence-corrected chi connectivity index (χ0v) is 11.3. The van der Waals surface area contributed by atoms with E-state index in [0.29, 0.717) is 11.4 Å². The quantitative estimate of drug-likeness (QED) is 0.788. The summed E-state index contributed by atoms with van der Waals surface area (Å²) in [6.45, 7) is 2.79. The van der Waals surface area contributed by atoms with Crippen molar-refractivity contribution in [3.8, 4) is 0 Å². The molecule has 1 aromatic carbocycles. The normalized spacial score (nSPS) is 11.0. The molecule has 0 aliphatic carbocycles. The van der Waals surface area contributed by atoms with Crippen LogP contribution in [0.2, 0.25) is 0 Å². The zero-order valence-electron chi connectivity index (χ0n) is 10.5. The fourth-order valence-electron chi connectivity index (χ4n) is 2.20. The molecule has 3 nitrogen and oxygen atoms in total. The van der Waals surface area contributed by atoms with Crippen LogP contribution in [-0.4, -0.2) is 15.6 Å². The molecule has 3 aromatic rings. The Morgan fingerprint density at radius 3 is 2.84 bits per heavy atom. The number of benzene rings is 1. The van der Waals surface area contributed by atoms with Gasteiger partial charge in [-0.2, -0.15) is 0 Å². The molecule has 0 aliphatic heterocycles. The number of fused-ring (bicyclic) bond motifs is 1. The van der Waals surface area contributed by atoms with Gasteiger partial charge in [0.15, 0.2) is 0 Å². The maximum atomic E-state index is 10.9. The molecule has 0 unspecified atom stereocenters. The van der Waals surface area contributed by atoms with Gasteiger partial charge in [0.2, 0.25) is 0 Å². The van der Waals surface area contributed by atoms with Crippen molar-refractivity contribution >= 4 is 28.2 Å². The van der Waals surface area contributed by atoms with E-state index >= 15 is 0 Å². The second-order valence-corrected chi connectivity index (χ2v) is 5.75. The lowest BCUT2D eigenvalue weighted by Crippen LogP contribution is -1.95. The summed E-state index contributed by atoms with van der Waals surface area (Å²) in [4.78, 5) is 12.3. The van der Waals surface area contributed by atoms with Gasteiger partial charge in [-0.25, -0.2) is 4.79 Å². The third kappa shape index (κ3) is 2.27. The first-order valence-corrected chi connectivity index (χ1v) is 6.82. The maximum Gasteiger partial charge on any atom is 0.345 e. The van der Waals surface area contributed by atoms with E-state index in [2.05, 4.69) is 35.8 Å². The molecule has 0 aliphatic rings. The number of hydrogen-bond donors (Lipinski definition) is 1. The van der Waals surface area contributed by atoms with Crippen LogP contribution in [0.5, 0.6) is 0 Å². The average molecular weight is 271 g/mol. The Balaban J connectivity index is 1.94. The number of nitrogens with zero attached hydrogens (tertiary/aromatic N) is 1. The summed E-state index contributed by atoms with van der Waals surface area (Å²) >= 11 is 1.33. The predicted molar refractivity (Wildman–Crippen MR) is 77.1 cm³/mol. The van der Waals surface area contributed by atoms with Crippen molar-refractivity contribution in [2.24, 2.45) is 0 Å². The van der Waals surface area contributed by atoms with Crippen molar-refractivity contribution in [1.82, 2.24) is 4.57 Å². The Kier molecular flexibility index (Phi) is 2.87. The van der Waals surface area contributed by atoms with Gasteiger partial charge < -0.3 is 9.67 Å². The highest BCUT2D eigenvalue weighted by Gasteiger charge is 2.08. The van der Waals surface area contributed by atoms with E-state index < -0.39 is 5.97 Å². The molecule has 96 valence electrons. The van der Waals surface area contributed by atoms with Gasteiger partial charge >= 0.3 is 5.97 Å². The van der Waals surface area contributed by atoms with Gasteiger partial charge in [0.05, 0.1) is 6.54 Å². The van der Waals surface area contributed by atoms with Crippen LogP contribution in [0.25, 0.3) is 10.9 Å². The van der Waals surface area contributed by atoms with Crippen molar-refractivity contribution in [3.63, 3.8) is 0 Å². The number of aryl methyl sites for hydroxylation is 1. The van der Waals surface area contributed by atoms with Crippen molar-refractivity contribution in [3.05, 3.63) is 57.9 Å². The lowest BCUT2D eigenvalue weighted by molar-refractivity contribution is 0.0702. The molecule has 0 atom stereocenters. The molecule has 4 heteroatoms. The van der Waals surface area contributed by atoms with Gasteiger partial charge in [-0.1, -0.05) is 11.6 Å². The minimum absolute atomic E-state index is 0.391.